The molecule has 0 aliphatic heterocycles. The predicted molar refractivity (Wildman–Crippen MR) is 71.6 cm³/mol. The van der Waals surface area contributed by atoms with E-state index in [1.54, 1.807) is 0 Å². The van der Waals surface area contributed by atoms with E-state index < -0.39 is 11.7 Å². The molecule has 1 N–H and O–H groups in total. The van der Waals surface area contributed by atoms with Gasteiger partial charge in [0.1, 0.15) is 5.76 Å². The van der Waals surface area contributed by atoms with Crippen molar-refractivity contribution in [3.8, 4) is 0 Å². The van der Waals surface area contributed by atoms with Crippen LogP contribution in [-0.2, 0) is 19.3 Å². The molecule has 4 nitrogen and oxygen atoms in total. The van der Waals surface area contributed by atoms with E-state index in [9.17, 15) is 13.2 Å². The second-order valence-electron chi connectivity index (χ2n) is 5.90. The molecule has 0 unspecified atom stereocenters. The second kappa shape index (κ2) is 5.55. The van der Waals surface area contributed by atoms with Gasteiger partial charge < -0.3 is 9.73 Å². The minimum Gasteiger partial charge on any atom is -0.467 e. The summed E-state index contributed by atoms with van der Waals surface area (Å²) >= 11 is 0. The topological polar surface area (TPSA) is 43.0 Å². The molecule has 2 rings (SSSR count). The van der Waals surface area contributed by atoms with E-state index in [0.717, 1.165) is 18.0 Å². The van der Waals surface area contributed by atoms with Crippen molar-refractivity contribution in [1.29, 1.82) is 0 Å². The van der Waals surface area contributed by atoms with Crippen molar-refractivity contribution < 1.29 is 17.6 Å². The summed E-state index contributed by atoms with van der Waals surface area (Å²) < 4.78 is 44.1. The molecule has 0 aliphatic rings. The van der Waals surface area contributed by atoms with Crippen LogP contribution in [0.3, 0.4) is 0 Å². The van der Waals surface area contributed by atoms with Gasteiger partial charge in [0.2, 0.25) is 0 Å². The molecule has 0 saturated heterocycles. The fourth-order valence-electron chi connectivity index (χ4n) is 1.77. The smallest absolute Gasteiger partial charge is 0.419 e. The van der Waals surface area contributed by atoms with E-state index in [2.05, 4.69) is 10.4 Å². The lowest BCUT2D eigenvalue weighted by atomic mass is 10.1. The van der Waals surface area contributed by atoms with E-state index in [-0.39, 0.29) is 12.1 Å². The Balaban J connectivity index is 2.07. The Labute approximate surface area is 120 Å². The Morgan fingerprint density at radius 3 is 2.57 bits per heavy atom. The molecule has 2 aromatic heterocycles. The van der Waals surface area contributed by atoms with Crippen molar-refractivity contribution in [3.05, 3.63) is 41.6 Å². The summed E-state index contributed by atoms with van der Waals surface area (Å²) in [6, 6.07) is 1.81. The van der Waals surface area contributed by atoms with Crippen molar-refractivity contribution >= 4 is 0 Å². The number of hydrogen-bond acceptors (Lipinski definition) is 3. The summed E-state index contributed by atoms with van der Waals surface area (Å²) in [6.45, 7) is 6.87. The molecule has 0 radical (unpaired) electrons. The summed E-state index contributed by atoms with van der Waals surface area (Å²) in [5, 5.41) is 7.03. The molecule has 7 heteroatoms. The highest BCUT2D eigenvalue weighted by Gasteiger charge is 2.32. The molecule has 0 bridgehead atoms. The number of nitrogens with one attached hydrogen (secondary N) is 1. The van der Waals surface area contributed by atoms with Gasteiger partial charge in [-0.2, -0.15) is 18.3 Å². The number of halogens is 3. The normalized spacial score (nSPS) is 12.9. The monoisotopic (exact) mass is 301 g/mol. The zero-order valence-corrected chi connectivity index (χ0v) is 12.2. The average molecular weight is 301 g/mol. The van der Waals surface area contributed by atoms with Crippen LogP contribution >= 0.6 is 0 Å². The predicted octanol–water partition coefficient (Wildman–Crippen LogP) is 3.43. The van der Waals surface area contributed by atoms with Crippen LogP contribution in [-0.4, -0.2) is 15.3 Å². The molecule has 0 aliphatic carbocycles. The maximum Gasteiger partial charge on any atom is 0.419 e. The Morgan fingerprint density at radius 1 is 1.29 bits per heavy atom. The first-order valence-corrected chi connectivity index (χ1v) is 6.55. The molecule has 2 aromatic rings. The van der Waals surface area contributed by atoms with Crippen molar-refractivity contribution in [2.45, 2.75) is 45.6 Å². The van der Waals surface area contributed by atoms with Crippen molar-refractivity contribution in [3.63, 3.8) is 0 Å². The highest BCUT2D eigenvalue weighted by atomic mass is 19.4. The zero-order chi connectivity index (χ0) is 15.7. The molecule has 0 spiro atoms. The summed E-state index contributed by atoms with van der Waals surface area (Å²) in [7, 11) is 0. The third-order valence-electron chi connectivity index (χ3n) is 2.91. The Morgan fingerprint density at radius 2 is 2.00 bits per heavy atom. The quantitative estimate of drug-likeness (QED) is 0.941. The molecular formula is C14H18F3N3O. The number of alkyl halides is 3. The lowest BCUT2D eigenvalue weighted by Gasteiger charge is -2.20. The summed E-state index contributed by atoms with van der Waals surface area (Å²) in [5.74, 6) is 0.601. The summed E-state index contributed by atoms with van der Waals surface area (Å²) in [6.07, 6.45) is -1.05. The maximum atomic E-state index is 12.5. The van der Waals surface area contributed by atoms with Gasteiger partial charge in [0.05, 0.1) is 24.6 Å². The van der Waals surface area contributed by atoms with Crippen LogP contribution in [0.1, 0.15) is 37.7 Å². The van der Waals surface area contributed by atoms with Crippen molar-refractivity contribution in [1.82, 2.24) is 15.1 Å². The van der Waals surface area contributed by atoms with E-state index in [1.165, 1.54) is 10.9 Å². The van der Waals surface area contributed by atoms with Gasteiger partial charge in [-0.1, -0.05) is 0 Å². The van der Waals surface area contributed by atoms with Gasteiger partial charge in [0.15, 0.2) is 0 Å². The minimum atomic E-state index is -4.38. The molecule has 116 valence electrons. The molecular weight excluding hydrogens is 283 g/mol. The average Bonchev–Trinajstić information content (AvgIpc) is 2.94. The molecule has 0 saturated carbocycles. The van der Waals surface area contributed by atoms with Crippen LogP contribution in [0, 0.1) is 0 Å². The molecule has 0 fully saturated rings. The molecule has 2 heterocycles. The standard InChI is InChI=1S/C14H18F3N3O/c1-13(2,3)18-6-10-4-5-21-12(10)9-20-8-11(7-19-20)14(15,16)17/h4-5,7-8,18H,6,9H2,1-3H3. The van der Waals surface area contributed by atoms with Crippen LogP contribution in [0.4, 0.5) is 13.2 Å². The lowest BCUT2D eigenvalue weighted by molar-refractivity contribution is -0.137. The largest absolute Gasteiger partial charge is 0.467 e. The first kappa shape index (κ1) is 15.6. The highest BCUT2D eigenvalue weighted by Crippen LogP contribution is 2.28. The Bertz CT molecular complexity index is 593. The number of aromatic nitrogens is 2. The number of furan rings is 1. The van der Waals surface area contributed by atoms with E-state index >= 15 is 0 Å². The lowest BCUT2D eigenvalue weighted by Crippen LogP contribution is -2.35. The van der Waals surface area contributed by atoms with Gasteiger partial charge in [-0.15, -0.1) is 0 Å². The van der Waals surface area contributed by atoms with Gasteiger partial charge in [-0.25, -0.2) is 0 Å². The van der Waals surface area contributed by atoms with Gasteiger partial charge in [0.25, 0.3) is 0 Å². The molecule has 0 amide bonds. The third-order valence-corrected chi connectivity index (χ3v) is 2.91. The van der Waals surface area contributed by atoms with Gasteiger partial charge in [-0.05, 0) is 26.8 Å². The first-order valence-electron chi connectivity index (χ1n) is 6.55. The Kier molecular flexibility index (Phi) is 4.13. The zero-order valence-electron chi connectivity index (χ0n) is 12.2. The van der Waals surface area contributed by atoms with Gasteiger partial charge in [-0.3, -0.25) is 4.68 Å². The molecule has 0 aromatic carbocycles. The number of hydrogen-bond donors (Lipinski definition) is 1. The fourth-order valence-corrected chi connectivity index (χ4v) is 1.77. The first-order chi connectivity index (χ1) is 9.65. The highest BCUT2D eigenvalue weighted by molar-refractivity contribution is 5.18. The second-order valence-corrected chi connectivity index (χ2v) is 5.90. The van der Waals surface area contributed by atoms with Gasteiger partial charge in [0, 0.05) is 23.8 Å². The summed E-state index contributed by atoms with van der Waals surface area (Å²) in [5.41, 5.74) is 0.0985. The fraction of sp³-hybridized carbons (Fsp3) is 0.500. The molecule has 21 heavy (non-hydrogen) atoms. The summed E-state index contributed by atoms with van der Waals surface area (Å²) in [4.78, 5) is 0. The van der Waals surface area contributed by atoms with Crippen molar-refractivity contribution in [2.24, 2.45) is 0 Å². The number of nitrogens with zero attached hydrogens (tertiary/aromatic N) is 2. The SMILES string of the molecule is CC(C)(C)NCc1ccoc1Cn1cc(C(F)(F)F)cn1. The van der Waals surface area contributed by atoms with Crippen LogP contribution in [0.25, 0.3) is 0 Å². The van der Waals surface area contributed by atoms with E-state index in [0.29, 0.717) is 12.3 Å². The van der Waals surface area contributed by atoms with E-state index in [4.69, 9.17) is 4.42 Å². The third kappa shape index (κ3) is 4.35. The molecule has 0 atom stereocenters. The van der Waals surface area contributed by atoms with Crippen molar-refractivity contribution in [2.75, 3.05) is 0 Å². The van der Waals surface area contributed by atoms with Crippen LogP contribution in [0.5, 0.6) is 0 Å². The van der Waals surface area contributed by atoms with Crippen LogP contribution in [0.15, 0.2) is 29.1 Å². The van der Waals surface area contributed by atoms with Gasteiger partial charge >= 0.3 is 6.18 Å². The van der Waals surface area contributed by atoms with Crippen LogP contribution < -0.4 is 5.32 Å². The van der Waals surface area contributed by atoms with Crippen LogP contribution in [0.2, 0.25) is 0 Å². The Hall–Kier alpha value is -1.76. The number of rotatable bonds is 4. The maximum absolute atomic E-state index is 12.5. The van der Waals surface area contributed by atoms with E-state index in [1.807, 2.05) is 26.8 Å². The minimum absolute atomic E-state index is 0.0519.